The van der Waals surface area contributed by atoms with Crippen molar-refractivity contribution in [1.29, 1.82) is 0 Å². The van der Waals surface area contributed by atoms with Crippen LogP contribution in [0.5, 0.6) is 0 Å². The molecule has 1 fully saturated rings. The number of carbonyl (C=O) groups excluding carboxylic acids is 1. The van der Waals surface area contributed by atoms with E-state index in [2.05, 4.69) is 0 Å². The number of rotatable bonds is 2. The molecule has 1 saturated carbocycles. The minimum Gasteiger partial charge on any atom is -0.457 e. The van der Waals surface area contributed by atoms with E-state index in [1.54, 1.807) is 0 Å². The molecule has 0 aromatic heterocycles. The minimum absolute atomic E-state index is 0.373. The predicted octanol–water partition coefficient (Wildman–Crippen LogP) is 0.827. The van der Waals surface area contributed by atoms with Gasteiger partial charge in [-0.25, -0.2) is 0 Å². The Morgan fingerprint density at radius 3 is 2.77 bits per heavy atom. The van der Waals surface area contributed by atoms with E-state index in [0.717, 1.165) is 12.8 Å². The molecule has 0 aliphatic heterocycles. The zero-order chi connectivity index (χ0) is 9.90. The number of aliphatic hydroxyl groups is 1. The highest BCUT2D eigenvalue weighted by Gasteiger charge is 2.41. The largest absolute Gasteiger partial charge is 0.457 e. The first-order chi connectivity index (χ1) is 6.08. The number of methoxy groups -OCH3 is 1. The van der Waals surface area contributed by atoms with Gasteiger partial charge < -0.3 is 14.6 Å². The van der Waals surface area contributed by atoms with Gasteiger partial charge in [0, 0.05) is 20.5 Å². The van der Waals surface area contributed by atoms with Gasteiger partial charge in [0.2, 0.25) is 5.79 Å². The molecule has 4 heteroatoms. The Kier molecular flexibility index (Phi) is 3.27. The second kappa shape index (κ2) is 4.07. The minimum atomic E-state index is -1.27. The molecule has 0 spiro atoms. The monoisotopic (exact) mass is 188 g/mol. The molecule has 76 valence electrons. The Labute approximate surface area is 77.8 Å². The average Bonchev–Trinajstić information content (AvgIpc) is 2.09. The van der Waals surface area contributed by atoms with Gasteiger partial charge in [0.25, 0.3) is 0 Å². The fourth-order valence-electron chi connectivity index (χ4n) is 1.68. The maximum Gasteiger partial charge on any atom is 0.303 e. The lowest BCUT2D eigenvalue weighted by Gasteiger charge is -2.37. The van der Waals surface area contributed by atoms with Crippen molar-refractivity contribution in [3.05, 3.63) is 0 Å². The lowest BCUT2D eigenvalue weighted by Crippen LogP contribution is -2.48. The zero-order valence-electron chi connectivity index (χ0n) is 8.08. The molecule has 0 amide bonds. The molecule has 1 N–H and O–H groups in total. The van der Waals surface area contributed by atoms with Gasteiger partial charge >= 0.3 is 5.97 Å². The van der Waals surface area contributed by atoms with Gasteiger partial charge in [0.05, 0.1) is 0 Å². The summed E-state index contributed by atoms with van der Waals surface area (Å²) in [4.78, 5) is 10.7. The fraction of sp³-hybridized carbons (Fsp3) is 0.889. The third-order valence-electron chi connectivity index (χ3n) is 2.42. The molecule has 2 unspecified atom stereocenters. The molecule has 2 atom stereocenters. The van der Waals surface area contributed by atoms with Crippen molar-refractivity contribution in [2.75, 3.05) is 7.11 Å². The summed E-state index contributed by atoms with van der Waals surface area (Å²) in [5, 5.41) is 9.89. The van der Waals surface area contributed by atoms with Gasteiger partial charge in [-0.2, -0.15) is 0 Å². The molecule has 1 aliphatic rings. The highest BCUT2D eigenvalue weighted by Crippen LogP contribution is 2.31. The smallest absolute Gasteiger partial charge is 0.303 e. The summed E-state index contributed by atoms with van der Waals surface area (Å²) in [5.74, 6) is -1.65. The molecule has 0 bridgehead atoms. The summed E-state index contributed by atoms with van der Waals surface area (Å²) in [6.45, 7) is 1.34. The van der Waals surface area contributed by atoms with Crippen molar-refractivity contribution in [3.63, 3.8) is 0 Å². The van der Waals surface area contributed by atoms with Crippen LogP contribution in [-0.4, -0.2) is 30.1 Å². The molecule has 0 aromatic rings. The molecule has 0 saturated heterocycles. The molecule has 0 aromatic carbocycles. The summed E-state index contributed by atoms with van der Waals surface area (Å²) in [6.07, 6.45) is 2.56. The Bertz CT molecular complexity index is 192. The van der Waals surface area contributed by atoms with Crippen molar-refractivity contribution >= 4 is 5.97 Å². The summed E-state index contributed by atoms with van der Waals surface area (Å²) >= 11 is 0. The first-order valence-corrected chi connectivity index (χ1v) is 4.53. The molecular formula is C9H16O4. The predicted molar refractivity (Wildman–Crippen MR) is 46.0 cm³/mol. The van der Waals surface area contributed by atoms with Crippen LogP contribution in [0.3, 0.4) is 0 Å². The maximum absolute atomic E-state index is 10.7. The molecule has 1 rings (SSSR count). The number of carbonyl (C=O) groups is 1. The van der Waals surface area contributed by atoms with E-state index in [0.29, 0.717) is 12.8 Å². The van der Waals surface area contributed by atoms with Gasteiger partial charge in [0.15, 0.2) is 6.10 Å². The molecule has 0 radical (unpaired) electrons. The molecule has 1 aliphatic carbocycles. The number of hydrogen-bond acceptors (Lipinski definition) is 4. The van der Waals surface area contributed by atoms with Crippen LogP contribution >= 0.6 is 0 Å². The molecule has 13 heavy (non-hydrogen) atoms. The SMILES string of the molecule is COC1(O)CCCCC1OC(C)=O. The van der Waals surface area contributed by atoms with Crippen molar-refractivity contribution in [2.24, 2.45) is 0 Å². The first kappa shape index (κ1) is 10.5. The highest BCUT2D eigenvalue weighted by atomic mass is 16.7. The van der Waals surface area contributed by atoms with Crippen LogP contribution in [0.4, 0.5) is 0 Å². The molecule has 0 heterocycles. The number of esters is 1. The lowest BCUT2D eigenvalue weighted by molar-refractivity contribution is -0.263. The standard InChI is InChI=1S/C9H16O4/c1-7(10)13-8-5-3-4-6-9(8,11)12-2/h8,11H,3-6H2,1-2H3. The maximum atomic E-state index is 10.7. The van der Waals surface area contributed by atoms with E-state index in [1.807, 2.05) is 0 Å². The van der Waals surface area contributed by atoms with Crippen LogP contribution in [0.15, 0.2) is 0 Å². The lowest BCUT2D eigenvalue weighted by atomic mass is 9.91. The van der Waals surface area contributed by atoms with Crippen LogP contribution in [0.1, 0.15) is 32.6 Å². The van der Waals surface area contributed by atoms with E-state index in [-0.39, 0.29) is 5.97 Å². The van der Waals surface area contributed by atoms with Crippen LogP contribution in [0.2, 0.25) is 0 Å². The van der Waals surface area contributed by atoms with Crippen LogP contribution < -0.4 is 0 Å². The Morgan fingerprint density at radius 1 is 1.54 bits per heavy atom. The first-order valence-electron chi connectivity index (χ1n) is 4.53. The van der Waals surface area contributed by atoms with Crippen molar-refractivity contribution < 1.29 is 19.4 Å². The number of ether oxygens (including phenoxy) is 2. The summed E-state index contributed by atoms with van der Waals surface area (Å²) in [5.41, 5.74) is 0. The summed E-state index contributed by atoms with van der Waals surface area (Å²) in [6, 6.07) is 0. The summed E-state index contributed by atoms with van der Waals surface area (Å²) < 4.78 is 9.95. The van der Waals surface area contributed by atoms with Crippen molar-refractivity contribution in [1.82, 2.24) is 0 Å². The molecule has 4 nitrogen and oxygen atoms in total. The van der Waals surface area contributed by atoms with Crippen LogP contribution in [0, 0.1) is 0 Å². The van der Waals surface area contributed by atoms with Crippen LogP contribution in [-0.2, 0) is 14.3 Å². The Morgan fingerprint density at radius 2 is 2.23 bits per heavy atom. The Balaban J connectivity index is 2.61. The van der Waals surface area contributed by atoms with Gasteiger partial charge in [-0.1, -0.05) is 0 Å². The van der Waals surface area contributed by atoms with Gasteiger partial charge in [-0.3, -0.25) is 4.79 Å². The van der Waals surface area contributed by atoms with Crippen molar-refractivity contribution in [2.45, 2.75) is 44.5 Å². The van der Waals surface area contributed by atoms with Gasteiger partial charge in [-0.05, 0) is 19.3 Å². The van der Waals surface area contributed by atoms with Crippen LogP contribution in [0.25, 0.3) is 0 Å². The average molecular weight is 188 g/mol. The fourth-order valence-corrected chi connectivity index (χ4v) is 1.68. The zero-order valence-corrected chi connectivity index (χ0v) is 8.08. The molecular weight excluding hydrogens is 172 g/mol. The van der Waals surface area contributed by atoms with E-state index in [9.17, 15) is 9.90 Å². The number of hydrogen-bond donors (Lipinski definition) is 1. The van der Waals surface area contributed by atoms with Crippen molar-refractivity contribution in [3.8, 4) is 0 Å². The van der Waals surface area contributed by atoms with E-state index in [1.165, 1.54) is 14.0 Å². The Hall–Kier alpha value is -0.610. The van der Waals surface area contributed by atoms with Gasteiger partial charge in [-0.15, -0.1) is 0 Å². The van der Waals surface area contributed by atoms with Gasteiger partial charge in [0.1, 0.15) is 0 Å². The van der Waals surface area contributed by atoms with E-state index >= 15 is 0 Å². The summed E-state index contributed by atoms with van der Waals surface area (Å²) in [7, 11) is 1.43. The highest BCUT2D eigenvalue weighted by molar-refractivity contribution is 5.66. The topological polar surface area (TPSA) is 55.8 Å². The second-order valence-corrected chi connectivity index (χ2v) is 3.39. The van der Waals surface area contributed by atoms with E-state index < -0.39 is 11.9 Å². The normalized spacial score (nSPS) is 34.2. The third-order valence-corrected chi connectivity index (χ3v) is 2.42. The third kappa shape index (κ3) is 2.42. The quantitative estimate of drug-likeness (QED) is 0.515. The second-order valence-electron chi connectivity index (χ2n) is 3.39. The van der Waals surface area contributed by atoms with E-state index in [4.69, 9.17) is 9.47 Å².